The van der Waals surface area contributed by atoms with Crippen molar-refractivity contribution >= 4 is 5.82 Å². The van der Waals surface area contributed by atoms with Crippen LogP contribution in [0, 0.1) is 0 Å². The Morgan fingerprint density at radius 1 is 1.19 bits per heavy atom. The molecule has 0 aliphatic carbocycles. The smallest absolute Gasteiger partial charge is 0.351 e. The molecule has 4 N–H and O–H groups in total. The quantitative estimate of drug-likeness (QED) is 0.411. The fourth-order valence-electron chi connectivity index (χ4n) is 4.20. The topological polar surface area (TPSA) is 154 Å². The largest absolute Gasteiger partial charge is 0.394 e. The van der Waals surface area contributed by atoms with Gasteiger partial charge < -0.3 is 20.3 Å². The van der Waals surface area contributed by atoms with Gasteiger partial charge in [0.25, 0.3) is 5.56 Å². The number of aliphatic hydroxyl groups is 1. The van der Waals surface area contributed by atoms with Gasteiger partial charge in [-0.3, -0.25) is 18.9 Å². The van der Waals surface area contributed by atoms with Crippen LogP contribution in [0.5, 0.6) is 0 Å². The highest BCUT2D eigenvalue weighted by Gasteiger charge is 2.26. The Morgan fingerprint density at radius 3 is 2.51 bits per heavy atom. The molecule has 0 saturated carbocycles. The molecule has 2 aromatic heterocycles. The third-order valence-corrected chi connectivity index (χ3v) is 6.01. The number of anilines is 1. The second-order valence-electron chi connectivity index (χ2n) is 9.00. The molecule has 37 heavy (non-hydrogen) atoms. The van der Waals surface area contributed by atoms with Crippen LogP contribution in [0.25, 0.3) is 0 Å². The summed E-state index contributed by atoms with van der Waals surface area (Å²) in [5, 5.41) is 8.90. The van der Waals surface area contributed by atoms with E-state index in [1.807, 2.05) is 51.1 Å². The van der Waals surface area contributed by atoms with E-state index in [4.69, 9.17) is 20.3 Å². The summed E-state index contributed by atoms with van der Waals surface area (Å²) >= 11 is 0. The van der Waals surface area contributed by atoms with E-state index in [-0.39, 0.29) is 43.0 Å². The molecule has 1 aromatic carbocycles. The average Bonchev–Trinajstić information content (AvgIpc) is 3.33. The molecule has 1 saturated heterocycles. The second-order valence-corrected chi connectivity index (χ2v) is 9.00. The molecule has 1 aliphatic heterocycles. The first-order valence-corrected chi connectivity index (χ1v) is 12.3. The SMILES string of the molecule is CCOCn1c(Cc2ccccc2)c(C(C)C)c(=O)[nH]c1=O.Nc1ccn([C@H]2CC[C@@H](CO)O2)c(=O)n1. The number of nitrogens with zero attached hydrogens (tertiary/aromatic N) is 3. The van der Waals surface area contributed by atoms with E-state index >= 15 is 0 Å². The highest BCUT2D eigenvalue weighted by Crippen LogP contribution is 2.26. The van der Waals surface area contributed by atoms with Gasteiger partial charge in [0.15, 0.2) is 0 Å². The predicted molar refractivity (Wildman–Crippen MR) is 139 cm³/mol. The zero-order valence-corrected chi connectivity index (χ0v) is 21.4. The molecule has 3 heterocycles. The monoisotopic (exact) mass is 513 g/mol. The fraction of sp³-hybridized carbons (Fsp3) is 0.462. The standard InChI is InChI=1S/C17H22N2O3.C9H13N3O3/c1-4-22-11-19-14(10-13-8-6-5-7-9-13)15(12(2)3)16(20)18-17(19)21;10-7-3-4-12(9(14)11-7)8-2-1-6(5-13)15-8/h5-9,12H,4,10-11H2,1-3H3,(H,18,20,21);3-4,6,8,13H,1-2,5H2,(H2,10,11,14)/t;6-,8+/m.0/s1. The second kappa shape index (κ2) is 13.1. The molecule has 0 bridgehead atoms. The van der Waals surface area contributed by atoms with Gasteiger partial charge in [-0.15, -0.1) is 0 Å². The molecule has 0 radical (unpaired) electrons. The van der Waals surface area contributed by atoms with Gasteiger partial charge in [-0.25, -0.2) is 9.59 Å². The fourth-order valence-corrected chi connectivity index (χ4v) is 4.20. The van der Waals surface area contributed by atoms with Crippen molar-refractivity contribution in [3.63, 3.8) is 0 Å². The first-order chi connectivity index (χ1) is 17.7. The van der Waals surface area contributed by atoms with E-state index in [0.717, 1.165) is 17.7 Å². The van der Waals surface area contributed by atoms with Crippen LogP contribution in [-0.4, -0.2) is 43.5 Å². The molecule has 11 heteroatoms. The number of rotatable bonds is 8. The van der Waals surface area contributed by atoms with Crippen LogP contribution in [0.4, 0.5) is 5.82 Å². The predicted octanol–water partition coefficient (Wildman–Crippen LogP) is 1.74. The van der Waals surface area contributed by atoms with Crippen molar-refractivity contribution < 1.29 is 14.6 Å². The van der Waals surface area contributed by atoms with Gasteiger partial charge in [-0.2, -0.15) is 4.98 Å². The molecule has 0 amide bonds. The van der Waals surface area contributed by atoms with Crippen LogP contribution >= 0.6 is 0 Å². The third-order valence-electron chi connectivity index (χ3n) is 6.01. The van der Waals surface area contributed by atoms with E-state index in [2.05, 4.69) is 9.97 Å². The van der Waals surface area contributed by atoms with Crippen molar-refractivity contribution in [1.82, 2.24) is 19.1 Å². The number of benzene rings is 1. The lowest BCUT2D eigenvalue weighted by Gasteiger charge is -2.18. The lowest BCUT2D eigenvalue weighted by Crippen LogP contribution is -2.36. The van der Waals surface area contributed by atoms with Crippen LogP contribution < -0.4 is 22.7 Å². The molecule has 11 nitrogen and oxygen atoms in total. The summed E-state index contributed by atoms with van der Waals surface area (Å²) in [6, 6.07) is 11.4. The van der Waals surface area contributed by atoms with Crippen molar-refractivity contribution in [2.75, 3.05) is 18.9 Å². The Balaban J connectivity index is 0.000000220. The van der Waals surface area contributed by atoms with E-state index < -0.39 is 11.4 Å². The lowest BCUT2D eigenvalue weighted by atomic mass is 9.98. The normalized spacial score (nSPS) is 17.0. The average molecular weight is 514 g/mol. The highest BCUT2D eigenvalue weighted by atomic mass is 16.5. The van der Waals surface area contributed by atoms with Crippen molar-refractivity contribution in [1.29, 1.82) is 0 Å². The van der Waals surface area contributed by atoms with Gasteiger partial charge in [0.2, 0.25) is 0 Å². The van der Waals surface area contributed by atoms with Gasteiger partial charge in [0, 0.05) is 30.5 Å². The number of hydrogen-bond acceptors (Lipinski definition) is 8. The number of nitrogens with two attached hydrogens (primary N) is 1. The van der Waals surface area contributed by atoms with Gasteiger partial charge in [0.1, 0.15) is 18.8 Å². The molecule has 1 aliphatic rings. The van der Waals surface area contributed by atoms with Crippen LogP contribution in [0.3, 0.4) is 0 Å². The first kappa shape index (κ1) is 28.0. The van der Waals surface area contributed by atoms with Crippen molar-refractivity contribution in [2.24, 2.45) is 0 Å². The number of aromatic amines is 1. The molecule has 0 spiro atoms. The summed E-state index contributed by atoms with van der Waals surface area (Å²) in [5.74, 6) is 0.226. The number of ether oxygens (including phenoxy) is 2. The summed E-state index contributed by atoms with van der Waals surface area (Å²) in [6.07, 6.45) is 3.03. The maximum atomic E-state index is 12.2. The molecular formula is C26H35N5O6. The van der Waals surface area contributed by atoms with Crippen molar-refractivity contribution in [3.8, 4) is 0 Å². The number of hydrogen-bond donors (Lipinski definition) is 3. The van der Waals surface area contributed by atoms with Gasteiger partial charge in [-0.05, 0) is 37.3 Å². The minimum atomic E-state index is -0.422. The summed E-state index contributed by atoms with van der Waals surface area (Å²) in [4.78, 5) is 41.8. The Bertz CT molecular complexity index is 1330. The van der Waals surface area contributed by atoms with Crippen LogP contribution in [0.15, 0.2) is 57.0 Å². The maximum absolute atomic E-state index is 12.2. The van der Waals surface area contributed by atoms with Gasteiger partial charge in [0.05, 0.1) is 12.7 Å². The molecule has 2 atom stereocenters. The summed E-state index contributed by atoms with van der Waals surface area (Å²) in [7, 11) is 0. The van der Waals surface area contributed by atoms with Crippen LogP contribution in [0.2, 0.25) is 0 Å². The number of H-pyrrole nitrogens is 1. The Morgan fingerprint density at radius 2 is 1.92 bits per heavy atom. The van der Waals surface area contributed by atoms with E-state index in [0.29, 0.717) is 25.0 Å². The maximum Gasteiger partial charge on any atom is 0.351 e. The van der Waals surface area contributed by atoms with Gasteiger partial charge >= 0.3 is 11.4 Å². The number of nitrogens with one attached hydrogen (secondary N) is 1. The number of nitrogen functional groups attached to an aromatic ring is 1. The number of aromatic nitrogens is 4. The van der Waals surface area contributed by atoms with Gasteiger partial charge in [-0.1, -0.05) is 44.2 Å². The molecular weight excluding hydrogens is 478 g/mol. The summed E-state index contributed by atoms with van der Waals surface area (Å²) in [6.45, 7) is 6.41. The van der Waals surface area contributed by atoms with Crippen molar-refractivity contribution in [2.45, 2.75) is 65.0 Å². The van der Waals surface area contributed by atoms with E-state index in [1.54, 1.807) is 12.3 Å². The minimum Gasteiger partial charge on any atom is -0.394 e. The number of aliphatic hydroxyl groups excluding tert-OH is 1. The molecule has 0 unspecified atom stereocenters. The lowest BCUT2D eigenvalue weighted by molar-refractivity contribution is -0.0245. The Kier molecular flexibility index (Phi) is 9.95. The minimum absolute atomic E-state index is 0.0202. The third kappa shape index (κ3) is 7.25. The zero-order chi connectivity index (χ0) is 26.9. The van der Waals surface area contributed by atoms with Crippen LogP contribution in [-0.2, 0) is 22.6 Å². The Hall–Kier alpha value is -3.54. The zero-order valence-electron chi connectivity index (χ0n) is 21.4. The Labute approximate surface area is 214 Å². The molecule has 1 fully saturated rings. The molecule has 4 rings (SSSR count). The first-order valence-electron chi connectivity index (χ1n) is 12.3. The summed E-state index contributed by atoms with van der Waals surface area (Å²) < 4.78 is 13.8. The summed E-state index contributed by atoms with van der Waals surface area (Å²) in [5.41, 5.74) is 6.65. The molecule has 3 aromatic rings. The van der Waals surface area contributed by atoms with E-state index in [1.165, 1.54) is 9.13 Å². The highest BCUT2D eigenvalue weighted by molar-refractivity contribution is 5.29. The van der Waals surface area contributed by atoms with Crippen molar-refractivity contribution in [3.05, 3.63) is 90.7 Å². The van der Waals surface area contributed by atoms with E-state index in [9.17, 15) is 14.4 Å². The van der Waals surface area contributed by atoms with Crippen LogP contribution in [0.1, 0.15) is 62.6 Å². The molecule has 200 valence electrons.